The summed E-state index contributed by atoms with van der Waals surface area (Å²) in [6, 6.07) is 20.8. The Hall–Kier alpha value is -7.19. The molecule has 0 fully saturated rings. The molecule has 75 heavy (non-hydrogen) atoms. The van der Waals surface area contributed by atoms with E-state index in [0.717, 1.165) is 18.2 Å². The molecule has 1 aliphatic heterocycles. The van der Waals surface area contributed by atoms with Gasteiger partial charge in [-0.1, -0.05) is 56.0 Å². The average molecular weight is 1190 g/mol. The van der Waals surface area contributed by atoms with Crippen LogP contribution < -0.4 is 10.7 Å². The van der Waals surface area contributed by atoms with Crippen molar-refractivity contribution >= 4 is 101 Å². The number of carboxylic acid groups (broad SMARTS) is 1. The van der Waals surface area contributed by atoms with Crippen LogP contribution in [0.3, 0.4) is 0 Å². The normalized spacial score (nSPS) is 11.5. The van der Waals surface area contributed by atoms with E-state index >= 15 is 0 Å². The molecule has 1 amide bonds. The molecule has 0 spiro atoms. The SMILES string of the molecule is C.CN(CCCC(=O)O)C(=O)c1ccccc1-c1c2ccc(=NCc3ccc(S(=O)(=O)O)cc3)c(S(=O)(=O)O)c-2oc2c(S(=O)(=O)O)c(NCc3ccccc3S(=O)(=O)O)ccc12.O=S(=O)=O.O=S(=O)=O.O=S(=O)=O. The largest absolute Gasteiger partial charge is 0.481 e. The van der Waals surface area contributed by atoms with Gasteiger partial charge in [0.05, 0.1) is 27.4 Å². The number of hydrogen-bond donors (Lipinski definition) is 6. The zero-order valence-electron chi connectivity index (χ0n) is 36.9. The summed E-state index contributed by atoms with van der Waals surface area (Å²) in [4.78, 5) is 27.8. The summed E-state index contributed by atoms with van der Waals surface area (Å²) >= 11 is 0. The van der Waals surface area contributed by atoms with Crippen LogP contribution in [0.1, 0.15) is 41.8 Å². The molecule has 0 atom stereocenters. The van der Waals surface area contributed by atoms with E-state index in [1.165, 1.54) is 90.8 Å². The minimum Gasteiger partial charge on any atom is -0.481 e. The molecular formula is C40H39N3O25S7. The smallest absolute Gasteiger partial charge is 0.425 e. The van der Waals surface area contributed by atoms with Gasteiger partial charge in [-0.15, -0.1) is 37.9 Å². The van der Waals surface area contributed by atoms with E-state index in [-0.39, 0.29) is 66.6 Å². The van der Waals surface area contributed by atoms with Gasteiger partial charge in [-0.3, -0.25) is 32.8 Å². The predicted molar refractivity (Wildman–Crippen MR) is 257 cm³/mol. The van der Waals surface area contributed by atoms with Crippen molar-refractivity contribution in [1.82, 2.24) is 4.90 Å². The van der Waals surface area contributed by atoms with Crippen LogP contribution in [0.4, 0.5) is 5.69 Å². The quantitative estimate of drug-likeness (QED) is 0.0635. The van der Waals surface area contributed by atoms with Crippen LogP contribution in [0.15, 0.2) is 126 Å². The van der Waals surface area contributed by atoms with E-state index in [2.05, 4.69) is 10.3 Å². The maximum atomic E-state index is 14.0. The molecule has 1 heterocycles. The first-order valence-electron chi connectivity index (χ1n) is 19.4. The first-order valence-corrected chi connectivity index (χ1v) is 28.2. The van der Waals surface area contributed by atoms with Gasteiger partial charge < -0.3 is 19.7 Å². The van der Waals surface area contributed by atoms with Crippen molar-refractivity contribution in [3.8, 4) is 22.5 Å². The summed E-state index contributed by atoms with van der Waals surface area (Å²) in [5.74, 6) is -2.41. The zero-order valence-corrected chi connectivity index (χ0v) is 42.6. The Labute approximate surface area is 430 Å². The molecule has 406 valence electrons. The van der Waals surface area contributed by atoms with E-state index in [1.807, 2.05) is 0 Å². The molecule has 0 saturated carbocycles. The number of carbonyl (C=O) groups is 2. The van der Waals surface area contributed by atoms with Crippen LogP contribution in [0.25, 0.3) is 33.4 Å². The lowest BCUT2D eigenvalue weighted by Crippen LogP contribution is -2.28. The molecule has 6 N–H and O–H groups in total. The fraction of sp³-hybridized carbons (Fsp3) is 0.175. The Morgan fingerprint density at radius 1 is 0.640 bits per heavy atom. The second-order valence-electron chi connectivity index (χ2n) is 14.3. The minimum atomic E-state index is -5.39. The van der Waals surface area contributed by atoms with Crippen molar-refractivity contribution in [3.05, 3.63) is 119 Å². The van der Waals surface area contributed by atoms with E-state index in [0.29, 0.717) is 5.56 Å². The van der Waals surface area contributed by atoms with E-state index < -0.39 is 133 Å². The van der Waals surface area contributed by atoms with Gasteiger partial charge in [0, 0.05) is 48.6 Å². The number of aliphatic carboxylic acids is 1. The first-order chi connectivity index (χ1) is 34.2. The first kappa shape index (κ1) is 63.9. The van der Waals surface area contributed by atoms with Crippen molar-refractivity contribution in [2.45, 2.75) is 52.9 Å². The number of fused-ring (bicyclic) bond motifs is 2. The van der Waals surface area contributed by atoms with Gasteiger partial charge in [0.25, 0.3) is 46.4 Å². The fourth-order valence-electron chi connectivity index (χ4n) is 6.72. The molecule has 1 aliphatic carbocycles. The monoisotopic (exact) mass is 1180 g/mol. The number of carboxylic acids is 1. The number of nitrogens with zero attached hydrogens (tertiary/aromatic N) is 2. The predicted octanol–water partition coefficient (Wildman–Crippen LogP) is 2.47. The second kappa shape index (κ2) is 26.9. The van der Waals surface area contributed by atoms with Crippen LogP contribution >= 0.6 is 0 Å². The summed E-state index contributed by atoms with van der Waals surface area (Å²) in [7, 11) is -28.0. The summed E-state index contributed by atoms with van der Waals surface area (Å²) in [5, 5.41) is 11.3. The van der Waals surface area contributed by atoms with Crippen molar-refractivity contribution in [3.63, 3.8) is 0 Å². The summed E-state index contributed by atoms with van der Waals surface area (Å²) in [6.45, 7) is -0.786. The highest BCUT2D eigenvalue weighted by Gasteiger charge is 2.33. The summed E-state index contributed by atoms with van der Waals surface area (Å²) in [5.41, 5.74) is -0.912. The zero-order chi connectivity index (χ0) is 56.1. The number of anilines is 1. The number of carbonyl (C=O) groups excluding carboxylic acids is 1. The van der Waals surface area contributed by atoms with Crippen LogP contribution in [0.5, 0.6) is 0 Å². The fourth-order valence-corrected chi connectivity index (χ4v) is 9.50. The maximum Gasteiger partial charge on any atom is 0.425 e. The Bertz CT molecular complexity index is 3910. The van der Waals surface area contributed by atoms with Crippen molar-refractivity contribution in [2.75, 3.05) is 18.9 Å². The highest BCUT2D eigenvalue weighted by atomic mass is 32.2. The van der Waals surface area contributed by atoms with Gasteiger partial charge in [0.1, 0.15) is 0 Å². The van der Waals surface area contributed by atoms with Crippen LogP contribution in [-0.2, 0) is 90.2 Å². The van der Waals surface area contributed by atoms with Gasteiger partial charge in [-0.2, -0.15) is 33.7 Å². The molecule has 28 nitrogen and oxygen atoms in total. The third kappa shape index (κ3) is 18.6. The number of hydrogen-bond acceptors (Lipinski definition) is 22. The number of amides is 1. The molecule has 0 unspecified atom stereocenters. The van der Waals surface area contributed by atoms with Gasteiger partial charge >= 0.3 is 37.8 Å². The van der Waals surface area contributed by atoms with E-state index in [4.69, 9.17) is 47.4 Å². The van der Waals surface area contributed by atoms with Crippen molar-refractivity contribution < 1.29 is 109 Å². The van der Waals surface area contributed by atoms with Crippen LogP contribution in [0, 0.1) is 0 Å². The topological polar surface area (TPSA) is 466 Å². The van der Waals surface area contributed by atoms with Gasteiger partial charge in [0.2, 0.25) is 0 Å². The molecule has 4 aromatic carbocycles. The molecule has 0 aromatic heterocycles. The van der Waals surface area contributed by atoms with E-state index in [9.17, 15) is 61.5 Å². The van der Waals surface area contributed by atoms with Crippen LogP contribution in [0.2, 0.25) is 0 Å². The third-order valence-corrected chi connectivity index (χ3v) is 13.1. The average Bonchev–Trinajstić information content (AvgIpc) is 3.27. The molecule has 4 aromatic rings. The molecule has 0 radical (unpaired) electrons. The lowest BCUT2D eigenvalue weighted by molar-refractivity contribution is -0.137. The lowest BCUT2D eigenvalue weighted by atomic mass is 9.90. The second-order valence-corrected chi connectivity index (χ2v) is 21.0. The highest BCUT2D eigenvalue weighted by molar-refractivity contribution is 7.86. The molecule has 35 heteroatoms. The Morgan fingerprint density at radius 2 is 1.17 bits per heavy atom. The number of rotatable bonds is 15. The van der Waals surface area contributed by atoms with Gasteiger partial charge in [-0.25, -0.2) is 0 Å². The van der Waals surface area contributed by atoms with E-state index in [1.54, 1.807) is 0 Å². The molecule has 0 saturated heterocycles. The minimum absolute atomic E-state index is 0. The van der Waals surface area contributed by atoms with Crippen LogP contribution in [-0.4, -0.2) is 125 Å². The number of nitrogens with one attached hydrogen (secondary N) is 1. The molecule has 2 aliphatic rings. The molecule has 0 bridgehead atoms. The molecular weight excluding hydrogens is 1150 g/mol. The molecule has 6 rings (SSSR count). The van der Waals surface area contributed by atoms with Gasteiger partial charge in [-0.05, 0) is 71.6 Å². The summed E-state index contributed by atoms with van der Waals surface area (Å²) < 4.78 is 223. The Kier molecular flexibility index (Phi) is 22.9. The van der Waals surface area contributed by atoms with Crippen molar-refractivity contribution in [2.24, 2.45) is 4.99 Å². The number of benzene rings is 5. The highest BCUT2D eigenvalue weighted by Crippen LogP contribution is 2.46. The Balaban J connectivity index is 0.00000134. The Morgan fingerprint density at radius 3 is 1.69 bits per heavy atom. The third-order valence-electron chi connectivity index (χ3n) is 9.49. The maximum absolute atomic E-state index is 14.0. The van der Waals surface area contributed by atoms with Crippen molar-refractivity contribution in [1.29, 1.82) is 0 Å². The summed E-state index contributed by atoms with van der Waals surface area (Å²) in [6.07, 6.45) is -0.153. The standard InChI is InChI=1S/C39H35N3O16S4.CH4.3O3S/c1-42(20-6-11-33(43)44)39(45)27-9-4-3-8-26(27)34-28-16-18-30(40-21-23-12-14-25(15-13-23)59(46,47)48)37(61(52,53)54)35(28)58-36-29(34)17-19-31(38(36)62(55,56)57)41-22-24-7-2-5-10-32(24)60(49,50)51;;3*1-4(2)3/h2-5,7-10,12-19,41H,6,11,20-22H2,1H3,(H,43,44)(H,46,47,48)(H,49,50,51)(H,52,53,54)(H,55,56,57);1H4;;;. The lowest BCUT2D eigenvalue weighted by Gasteiger charge is -2.23. The van der Waals surface area contributed by atoms with Gasteiger partial charge in [0.15, 0.2) is 21.1 Å².